The number of hydrogen-bond donors (Lipinski definition) is 2. The van der Waals surface area contributed by atoms with Crippen molar-refractivity contribution in [3.05, 3.63) is 65.7 Å². The number of carbonyl (C=O) groups is 1. The Labute approximate surface area is 137 Å². The second-order valence-corrected chi connectivity index (χ2v) is 5.26. The number of carbonyl (C=O) groups excluding carboxylic acids is 1. The summed E-state index contributed by atoms with van der Waals surface area (Å²) in [5.41, 5.74) is 2.30. The van der Waals surface area contributed by atoms with E-state index in [1.54, 1.807) is 0 Å². The van der Waals surface area contributed by atoms with Gasteiger partial charge in [0.05, 0.1) is 0 Å². The van der Waals surface area contributed by atoms with Gasteiger partial charge in [-0.25, -0.2) is 0 Å². The standard InChI is InChI=1S/C19H24N2O2/c1-2-20-12-13-21-19(22)15-23-18-11-7-6-10-17(18)14-16-8-4-3-5-9-16/h3-11,20H,2,12-15H2,1H3,(H,21,22). The van der Waals surface area contributed by atoms with E-state index in [0.29, 0.717) is 6.54 Å². The van der Waals surface area contributed by atoms with E-state index in [-0.39, 0.29) is 12.5 Å². The topological polar surface area (TPSA) is 50.4 Å². The minimum Gasteiger partial charge on any atom is -0.483 e. The normalized spacial score (nSPS) is 10.3. The summed E-state index contributed by atoms with van der Waals surface area (Å²) in [5.74, 6) is 0.663. The van der Waals surface area contributed by atoms with Crippen LogP contribution in [-0.2, 0) is 11.2 Å². The van der Waals surface area contributed by atoms with Crippen molar-refractivity contribution in [1.29, 1.82) is 0 Å². The van der Waals surface area contributed by atoms with Gasteiger partial charge in [-0.15, -0.1) is 0 Å². The van der Waals surface area contributed by atoms with Gasteiger partial charge in [0.2, 0.25) is 0 Å². The van der Waals surface area contributed by atoms with Crippen LogP contribution in [0.5, 0.6) is 5.75 Å². The SMILES string of the molecule is CCNCCNC(=O)COc1ccccc1Cc1ccccc1. The second-order valence-electron chi connectivity index (χ2n) is 5.26. The summed E-state index contributed by atoms with van der Waals surface area (Å²) in [7, 11) is 0. The van der Waals surface area contributed by atoms with Crippen LogP contribution in [0, 0.1) is 0 Å². The third-order valence-electron chi connectivity index (χ3n) is 3.44. The molecular weight excluding hydrogens is 288 g/mol. The van der Waals surface area contributed by atoms with E-state index in [9.17, 15) is 4.79 Å². The van der Waals surface area contributed by atoms with Crippen LogP contribution in [0.15, 0.2) is 54.6 Å². The Bertz CT molecular complexity index is 599. The van der Waals surface area contributed by atoms with Crippen LogP contribution >= 0.6 is 0 Å². The monoisotopic (exact) mass is 312 g/mol. The molecule has 0 heterocycles. The number of ether oxygens (including phenoxy) is 1. The fourth-order valence-electron chi connectivity index (χ4n) is 2.27. The molecule has 122 valence electrons. The van der Waals surface area contributed by atoms with Crippen LogP contribution in [0.25, 0.3) is 0 Å². The molecule has 0 saturated carbocycles. The van der Waals surface area contributed by atoms with E-state index < -0.39 is 0 Å². The Hall–Kier alpha value is -2.33. The molecule has 4 heteroatoms. The number of benzene rings is 2. The highest BCUT2D eigenvalue weighted by atomic mass is 16.5. The molecule has 0 aliphatic rings. The highest BCUT2D eigenvalue weighted by Crippen LogP contribution is 2.21. The molecule has 2 aromatic rings. The van der Waals surface area contributed by atoms with Crippen molar-refractivity contribution in [3.63, 3.8) is 0 Å². The number of rotatable bonds is 9. The lowest BCUT2D eigenvalue weighted by Gasteiger charge is -2.12. The van der Waals surface area contributed by atoms with Crippen LogP contribution in [-0.4, -0.2) is 32.1 Å². The Morgan fingerprint density at radius 1 is 1.00 bits per heavy atom. The summed E-state index contributed by atoms with van der Waals surface area (Å²) in [5, 5.41) is 5.99. The molecule has 0 aliphatic heterocycles. The minimum atomic E-state index is -0.0996. The van der Waals surface area contributed by atoms with Crippen molar-refractivity contribution < 1.29 is 9.53 Å². The van der Waals surface area contributed by atoms with Gasteiger partial charge in [0.25, 0.3) is 5.91 Å². The molecular formula is C19H24N2O2. The summed E-state index contributed by atoms with van der Waals surface area (Å²) in [6.45, 7) is 4.36. The van der Waals surface area contributed by atoms with Gasteiger partial charge in [-0.05, 0) is 23.7 Å². The van der Waals surface area contributed by atoms with Gasteiger partial charge in [0.15, 0.2) is 6.61 Å². The number of amides is 1. The van der Waals surface area contributed by atoms with Gasteiger partial charge in [0, 0.05) is 19.5 Å². The first-order valence-corrected chi connectivity index (χ1v) is 8.01. The zero-order chi connectivity index (χ0) is 16.3. The highest BCUT2D eigenvalue weighted by molar-refractivity contribution is 5.77. The van der Waals surface area contributed by atoms with E-state index in [0.717, 1.165) is 30.8 Å². The summed E-state index contributed by atoms with van der Waals surface area (Å²) >= 11 is 0. The van der Waals surface area contributed by atoms with E-state index in [1.807, 2.05) is 49.4 Å². The summed E-state index contributed by atoms with van der Waals surface area (Å²) in [6.07, 6.45) is 0.791. The van der Waals surface area contributed by atoms with Gasteiger partial charge in [-0.2, -0.15) is 0 Å². The molecule has 0 saturated heterocycles. The van der Waals surface area contributed by atoms with Gasteiger partial charge < -0.3 is 15.4 Å². The maximum atomic E-state index is 11.8. The summed E-state index contributed by atoms with van der Waals surface area (Å²) in [4.78, 5) is 11.8. The molecule has 0 bridgehead atoms. The number of nitrogens with one attached hydrogen (secondary N) is 2. The molecule has 1 amide bonds. The van der Waals surface area contributed by atoms with Crippen LogP contribution in [0.3, 0.4) is 0 Å². The molecule has 0 aromatic heterocycles. The Kier molecular flexibility index (Phi) is 7.14. The lowest BCUT2D eigenvalue weighted by atomic mass is 10.0. The molecule has 0 spiro atoms. The van der Waals surface area contributed by atoms with E-state index in [4.69, 9.17) is 4.74 Å². The predicted molar refractivity (Wildman–Crippen MR) is 92.7 cm³/mol. The first-order valence-electron chi connectivity index (χ1n) is 8.01. The average molecular weight is 312 g/mol. The van der Waals surface area contributed by atoms with Crippen molar-refractivity contribution in [2.45, 2.75) is 13.3 Å². The summed E-state index contributed by atoms with van der Waals surface area (Å²) < 4.78 is 5.70. The number of hydrogen-bond acceptors (Lipinski definition) is 3. The van der Waals surface area contributed by atoms with Gasteiger partial charge in [-0.1, -0.05) is 55.5 Å². The molecule has 2 N–H and O–H groups in total. The van der Waals surface area contributed by atoms with E-state index in [1.165, 1.54) is 5.56 Å². The van der Waals surface area contributed by atoms with Crippen molar-refractivity contribution in [1.82, 2.24) is 10.6 Å². The predicted octanol–water partition coefficient (Wildman–Crippen LogP) is 2.38. The van der Waals surface area contributed by atoms with Gasteiger partial charge in [0.1, 0.15) is 5.75 Å². The zero-order valence-electron chi connectivity index (χ0n) is 13.5. The summed E-state index contributed by atoms with van der Waals surface area (Å²) in [6, 6.07) is 18.1. The van der Waals surface area contributed by atoms with Crippen molar-refractivity contribution in [3.8, 4) is 5.75 Å². The number of likely N-dealkylation sites (N-methyl/N-ethyl adjacent to an activating group) is 1. The molecule has 4 nitrogen and oxygen atoms in total. The van der Waals surface area contributed by atoms with E-state index in [2.05, 4.69) is 22.8 Å². The third kappa shape index (κ3) is 6.12. The van der Waals surface area contributed by atoms with E-state index >= 15 is 0 Å². The fraction of sp³-hybridized carbons (Fsp3) is 0.316. The quantitative estimate of drug-likeness (QED) is 0.699. The first-order chi connectivity index (χ1) is 11.3. The lowest BCUT2D eigenvalue weighted by molar-refractivity contribution is -0.123. The fourth-order valence-corrected chi connectivity index (χ4v) is 2.27. The molecule has 0 fully saturated rings. The van der Waals surface area contributed by atoms with Crippen LogP contribution in [0.1, 0.15) is 18.1 Å². The molecule has 0 atom stereocenters. The van der Waals surface area contributed by atoms with Crippen LogP contribution in [0.2, 0.25) is 0 Å². The molecule has 0 aliphatic carbocycles. The van der Waals surface area contributed by atoms with Crippen LogP contribution in [0.4, 0.5) is 0 Å². The molecule has 2 rings (SSSR count). The Morgan fingerprint density at radius 3 is 2.52 bits per heavy atom. The maximum Gasteiger partial charge on any atom is 0.257 e. The maximum absolute atomic E-state index is 11.8. The lowest BCUT2D eigenvalue weighted by Crippen LogP contribution is -2.34. The van der Waals surface area contributed by atoms with Gasteiger partial charge in [-0.3, -0.25) is 4.79 Å². The van der Waals surface area contributed by atoms with Gasteiger partial charge >= 0.3 is 0 Å². The second kappa shape index (κ2) is 9.64. The molecule has 23 heavy (non-hydrogen) atoms. The molecule has 2 aromatic carbocycles. The largest absolute Gasteiger partial charge is 0.483 e. The minimum absolute atomic E-state index is 0.0396. The highest BCUT2D eigenvalue weighted by Gasteiger charge is 2.07. The van der Waals surface area contributed by atoms with Crippen molar-refractivity contribution in [2.24, 2.45) is 0 Å². The number of para-hydroxylation sites is 1. The third-order valence-corrected chi connectivity index (χ3v) is 3.44. The average Bonchev–Trinajstić information content (AvgIpc) is 2.59. The molecule has 0 radical (unpaired) electrons. The van der Waals surface area contributed by atoms with Crippen molar-refractivity contribution in [2.75, 3.05) is 26.2 Å². The Morgan fingerprint density at radius 2 is 1.74 bits per heavy atom. The van der Waals surface area contributed by atoms with Crippen LogP contribution < -0.4 is 15.4 Å². The zero-order valence-corrected chi connectivity index (χ0v) is 13.5. The first kappa shape index (κ1) is 17.0. The smallest absolute Gasteiger partial charge is 0.257 e. The molecule has 0 unspecified atom stereocenters. The Balaban J connectivity index is 1.86. The van der Waals surface area contributed by atoms with Crippen molar-refractivity contribution >= 4 is 5.91 Å².